The molecule has 0 aromatic heterocycles. The number of benzene rings is 1. The lowest BCUT2D eigenvalue weighted by atomic mass is 9.94. The van der Waals surface area contributed by atoms with Gasteiger partial charge in [-0.25, -0.2) is 0 Å². The number of carbonyl (C=O) groups is 1. The molecule has 15 heavy (non-hydrogen) atoms. The quantitative estimate of drug-likeness (QED) is 0.539. The molecule has 3 heteroatoms. The minimum atomic E-state index is -0.361. The van der Waals surface area contributed by atoms with Crippen molar-refractivity contribution in [1.82, 2.24) is 0 Å². The molecule has 1 aromatic rings. The summed E-state index contributed by atoms with van der Waals surface area (Å²) in [6.07, 6.45) is 0.936. The van der Waals surface area contributed by atoms with Gasteiger partial charge in [-0.2, -0.15) is 0 Å². The van der Waals surface area contributed by atoms with E-state index in [0.717, 1.165) is 11.2 Å². The Morgan fingerprint density at radius 2 is 2.00 bits per heavy atom. The highest BCUT2D eigenvalue weighted by Crippen LogP contribution is 2.45. The molecule has 0 amide bonds. The molecule has 78 valence electrons. The second kappa shape index (κ2) is 3.42. The number of rotatable bonds is 0. The van der Waals surface area contributed by atoms with Crippen LogP contribution in [-0.2, 0) is 0 Å². The van der Waals surface area contributed by atoms with Crippen molar-refractivity contribution < 1.29 is 9.90 Å². The minimum Gasteiger partial charge on any atom is -0.515 e. The van der Waals surface area contributed by atoms with Gasteiger partial charge in [-0.1, -0.05) is 12.1 Å². The van der Waals surface area contributed by atoms with Crippen molar-refractivity contribution in [2.45, 2.75) is 23.5 Å². The standard InChI is InChI=1S/C12H12O2S/c1-12(2)9(7-13)11(14)8-5-3-4-6-10(8)15-12/h3-7,13H,1-2H3/b9-7+. The molecule has 0 bridgehead atoms. The SMILES string of the molecule is CC1(C)Sc2ccccc2C(=O)/C1=C\O. The Labute approximate surface area is 93.0 Å². The third-order valence-corrected chi connectivity index (χ3v) is 3.83. The topological polar surface area (TPSA) is 37.3 Å². The summed E-state index contributed by atoms with van der Waals surface area (Å²) >= 11 is 1.60. The number of ketones is 1. The molecule has 2 rings (SSSR count). The van der Waals surface area contributed by atoms with Gasteiger partial charge in [0.15, 0.2) is 5.78 Å². The summed E-state index contributed by atoms with van der Waals surface area (Å²) in [5.41, 5.74) is 1.15. The molecule has 0 radical (unpaired) electrons. The summed E-state index contributed by atoms with van der Waals surface area (Å²) in [6, 6.07) is 7.49. The van der Waals surface area contributed by atoms with E-state index in [1.165, 1.54) is 0 Å². The molecule has 1 heterocycles. The Balaban J connectivity index is 2.61. The van der Waals surface area contributed by atoms with Gasteiger partial charge < -0.3 is 5.11 Å². The van der Waals surface area contributed by atoms with Gasteiger partial charge in [0.1, 0.15) is 0 Å². The molecule has 0 unspecified atom stereocenters. The van der Waals surface area contributed by atoms with E-state index in [0.29, 0.717) is 11.1 Å². The van der Waals surface area contributed by atoms with Crippen LogP contribution < -0.4 is 0 Å². The van der Waals surface area contributed by atoms with Crippen molar-refractivity contribution >= 4 is 17.5 Å². The molecule has 0 spiro atoms. The lowest BCUT2D eigenvalue weighted by molar-refractivity contribution is 0.102. The molecule has 0 saturated heterocycles. The molecule has 1 aliphatic heterocycles. The van der Waals surface area contributed by atoms with Gasteiger partial charge in [0.25, 0.3) is 0 Å². The Hall–Kier alpha value is -1.22. The molecule has 1 aliphatic rings. The highest BCUT2D eigenvalue weighted by Gasteiger charge is 2.36. The number of thioether (sulfide) groups is 1. The number of aliphatic hydroxyl groups is 1. The lowest BCUT2D eigenvalue weighted by Gasteiger charge is -2.31. The highest BCUT2D eigenvalue weighted by molar-refractivity contribution is 8.01. The van der Waals surface area contributed by atoms with Gasteiger partial charge in [-0.05, 0) is 26.0 Å². The van der Waals surface area contributed by atoms with Crippen molar-refractivity contribution in [2.24, 2.45) is 0 Å². The number of fused-ring (bicyclic) bond motifs is 1. The maximum Gasteiger partial charge on any atom is 0.194 e. The van der Waals surface area contributed by atoms with Crippen LogP contribution in [0.5, 0.6) is 0 Å². The maximum atomic E-state index is 12.0. The van der Waals surface area contributed by atoms with Gasteiger partial charge in [0.05, 0.1) is 11.8 Å². The van der Waals surface area contributed by atoms with Crippen LogP contribution in [0.4, 0.5) is 0 Å². The zero-order valence-corrected chi connectivity index (χ0v) is 9.47. The third kappa shape index (κ3) is 1.57. The fourth-order valence-corrected chi connectivity index (χ4v) is 2.93. The van der Waals surface area contributed by atoms with Crippen LogP contribution in [0.1, 0.15) is 24.2 Å². The van der Waals surface area contributed by atoms with E-state index >= 15 is 0 Å². The summed E-state index contributed by atoms with van der Waals surface area (Å²) in [7, 11) is 0. The highest BCUT2D eigenvalue weighted by atomic mass is 32.2. The van der Waals surface area contributed by atoms with Crippen LogP contribution in [0.15, 0.2) is 41.0 Å². The summed E-state index contributed by atoms with van der Waals surface area (Å²) in [6.45, 7) is 3.88. The summed E-state index contributed by atoms with van der Waals surface area (Å²) in [5.74, 6) is -0.0724. The minimum absolute atomic E-state index is 0.0724. The zero-order chi connectivity index (χ0) is 11.1. The maximum absolute atomic E-state index is 12.0. The molecule has 2 nitrogen and oxygen atoms in total. The number of hydrogen-bond acceptors (Lipinski definition) is 3. The van der Waals surface area contributed by atoms with Gasteiger partial charge in [-0.15, -0.1) is 11.8 Å². The van der Waals surface area contributed by atoms with E-state index in [2.05, 4.69) is 0 Å². The largest absolute Gasteiger partial charge is 0.515 e. The molecule has 0 saturated carbocycles. The number of Topliss-reactive ketones (excluding diaryl/α,β-unsaturated/α-hetero) is 1. The van der Waals surface area contributed by atoms with Gasteiger partial charge in [0.2, 0.25) is 0 Å². The molecular formula is C12H12O2S. The molecule has 0 aliphatic carbocycles. The fraction of sp³-hybridized carbons (Fsp3) is 0.250. The third-order valence-electron chi connectivity index (χ3n) is 2.52. The number of aliphatic hydroxyl groups excluding tert-OH is 1. The van der Waals surface area contributed by atoms with Crippen LogP contribution in [0.3, 0.4) is 0 Å². The van der Waals surface area contributed by atoms with Crippen molar-refractivity contribution in [3.8, 4) is 0 Å². The Morgan fingerprint density at radius 1 is 1.33 bits per heavy atom. The number of carbonyl (C=O) groups excluding carboxylic acids is 1. The smallest absolute Gasteiger partial charge is 0.194 e. The first kappa shape index (κ1) is 10.3. The first-order valence-electron chi connectivity index (χ1n) is 4.74. The molecular weight excluding hydrogens is 208 g/mol. The summed E-state index contributed by atoms with van der Waals surface area (Å²) in [5, 5.41) is 9.13. The number of hydrogen-bond donors (Lipinski definition) is 1. The molecule has 0 atom stereocenters. The van der Waals surface area contributed by atoms with Crippen LogP contribution >= 0.6 is 11.8 Å². The summed E-state index contributed by atoms with van der Waals surface area (Å²) < 4.78 is -0.361. The first-order valence-corrected chi connectivity index (χ1v) is 5.55. The van der Waals surface area contributed by atoms with Gasteiger partial charge in [0, 0.05) is 15.2 Å². The Kier molecular flexibility index (Phi) is 2.35. The average Bonchev–Trinajstić information content (AvgIpc) is 2.17. The van der Waals surface area contributed by atoms with Crippen molar-refractivity contribution in [3.63, 3.8) is 0 Å². The van der Waals surface area contributed by atoms with Gasteiger partial charge in [-0.3, -0.25) is 4.79 Å². The molecule has 0 fully saturated rings. The first-order chi connectivity index (χ1) is 7.06. The average molecular weight is 220 g/mol. The van der Waals surface area contributed by atoms with Crippen molar-refractivity contribution in [2.75, 3.05) is 0 Å². The second-order valence-electron chi connectivity index (χ2n) is 3.98. The van der Waals surface area contributed by atoms with Crippen LogP contribution in [0, 0.1) is 0 Å². The van der Waals surface area contributed by atoms with Crippen LogP contribution in [0.2, 0.25) is 0 Å². The zero-order valence-electron chi connectivity index (χ0n) is 8.65. The predicted molar refractivity (Wildman–Crippen MR) is 61.4 cm³/mol. The predicted octanol–water partition coefficient (Wildman–Crippen LogP) is 3.20. The lowest BCUT2D eigenvalue weighted by Crippen LogP contribution is -2.29. The Bertz CT molecular complexity index is 447. The van der Waals surface area contributed by atoms with E-state index in [4.69, 9.17) is 5.11 Å². The van der Waals surface area contributed by atoms with Gasteiger partial charge >= 0.3 is 0 Å². The molecule has 1 N–H and O–H groups in total. The van der Waals surface area contributed by atoms with E-state index < -0.39 is 0 Å². The summed E-state index contributed by atoms with van der Waals surface area (Å²) in [4.78, 5) is 13.0. The van der Waals surface area contributed by atoms with Crippen molar-refractivity contribution in [1.29, 1.82) is 0 Å². The van der Waals surface area contributed by atoms with Crippen LogP contribution in [0.25, 0.3) is 0 Å². The fourth-order valence-electron chi connectivity index (χ4n) is 1.71. The van der Waals surface area contributed by atoms with Crippen LogP contribution in [-0.4, -0.2) is 15.6 Å². The van der Waals surface area contributed by atoms with E-state index in [9.17, 15) is 4.79 Å². The van der Waals surface area contributed by atoms with Crippen molar-refractivity contribution in [3.05, 3.63) is 41.7 Å². The monoisotopic (exact) mass is 220 g/mol. The molecule has 1 aromatic carbocycles. The van der Waals surface area contributed by atoms with E-state index in [1.807, 2.05) is 32.0 Å². The van der Waals surface area contributed by atoms with E-state index in [1.54, 1.807) is 17.8 Å². The Morgan fingerprint density at radius 3 is 2.67 bits per heavy atom. The van der Waals surface area contributed by atoms with E-state index in [-0.39, 0.29) is 10.5 Å². The second-order valence-corrected chi connectivity index (χ2v) is 5.65. The normalized spacial score (nSPS) is 21.5.